The van der Waals surface area contributed by atoms with Crippen molar-refractivity contribution in [2.45, 2.75) is 30.7 Å². The van der Waals surface area contributed by atoms with Crippen LogP contribution < -0.4 is 0 Å². The van der Waals surface area contributed by atoms with Crippen LogP contribution in [0.5, 0.6) is 0 Å². The van der Waals surface area contributed by atoms with Crippen molar-refractivity contribution < 1.29 is 13.2 Å². The maximum absolute atomic E-state index is 13.8. The number of aryl methyl sites for hydroxylation is 1. The SMILES string of the molecule is Cc1nc(Cc2nnc(S[C@H](C)c3cc(F)ccc3F)o2)cs1. The minimum Gasteiger partial charge on any atom is -0.416 e. The van der Waals surface area contributed by atoms with Gasteiger partial charge in [-0.2, -0.15) is 0 Å². The fourth-order valence-corrected chi connectivity index (χ4v) is 3.50. The molecule has 2 aromatic heterocycles. The zero-order chi connectivity index (χ0) is 16.4. The van der Waals surface area contributed by atoms with Crippen LogP contribution in [0.3, 0.4) is 0 Å². The highest BCUT2D eigenvalue weighted by Gasteiger charge is 2.17. The molecule has 3 aromatic rings. The number of thiazole rings is 1. The lowest BCUT2D eigenvalue weighted by Gasteiger charge is -2.09. The molecule has 23 heavy (non-hydrogen) atoms. The van der Waals surface area contributed by atoms with Crippen molar-refractivity contribution in [2.75, 3.05) is 0 Å². The van der Waals surface area contributed by atoms with Crippen molar-refractivity contribution in [3.05, 3.63) is 57.4 Å². The molecule has 0 N–H and O–H groups in total. The fourth-order valence-electron chi connectivity index (χ4n) is 2.04. The molecule has 0 radical (unpaired) electrons. The van der Waals surface area contributed by atoms with Gasteiger partial charge in [-0.3, -0.25) is 0 Å². The van der Waals surface area contributed by atoms with Gasteiger partial charge in [0, 0.05) is 16.2 Å². The molecule has 0 spiro atoms. The highest BCUT2D eigenvalue weighted by Crippen LogP contribution is 2.35. The van der Waals surface area contributed by atoms with E-state index in [4.69, 9.17) is 4.42 Å². The number of halogens is 2. The van der Waals surface area contributed by atoms with Gasteiger partial charge in [0.15, 0.2) is 0 Å². The van der Waals surface area contributed by atoms with Crippen LogP contribution in [0.2, 0.25) is 0 Å². The Morgan fingerprint density at radius 3 is 2.87 bits per heavy atom. The Hall–Kier alpha value is -1.80. The monoisotopic (exact) mass is 353 g/mol. The fraction of sp³-hybridized carbons (Fsp3) is 0.267. The van der Waals surface area contributed by atoms with Gasteiger partial charge in [0.25, 0.3) is 5.22 Å². The summed E-state index contributed by atoms with van der Waals surface area (Å²) in [6.07, 6.45) is 0.459. The number of nitrogens with zero attached hydrogens (tertiary/aromatic N) is 3. The Bertz CT molecular complexity index is 819. The van der Waals surface area contributed by atoms with Gasteiger partial charge in [-0.15, -0.1) is 21.5 Å². The van der Waals surface area contributed by atoms with Gasteiger partial charge < -0.3 is 4.42 Å². The van der Waals surface area contributed by atoms with Crippen LogP contribution in [0.4, 0.5) is 8.78 Å². The first-order valence-corrected chi connectivity index (χ1v) is 8.62. The molecule has 0 aliphatic rings. The van der Waals surface area contributed by atoms with E-state index in [0.29, 0.717) is 17.5 Å². The molecule has 0 saturated heterocycles. The molecule has 0 bridgehead atoms. The smallest absolute Gasteiger partial charge is 0.277 e. The topological polar surface area (TPSA) is 51.8 Å². The molecule has 2 heterocycles. The molecule has 1 atom stereocenters. The van der Waals surface area contributed by atoms with Crippen LogP contribution >= 0.6 is 23.1 Å². The number of rotatable bonds is 5. The van der Waals surface area contributed by atoms with Crippen molar-refractivity contribution in [1.82, 2.24) is 15.2 Å². The summed E-state index contributed by atoms with van der Waals surface area (Å²) in [7, 11) is 0. The van der Waals surface area contributed by atoms with Crippen molar-refractivity contribution >= 4 is 23.1 Å². The molecule has 0 unspecified atom stereocenters. The third kappa shape index (κ3) is 3.94. The van der Waals surface area contributed by atoms with E-state index in [1.807, 2.05) is 12.3 Å². The van der Waals surface area contributed by atoms with E-state index in [1.54, 1.807) is 18.3 Å². The largest absolute Gasteiger partial charge is 0.416 e. The van der Waals surface area contributed by atoms with Crippen LogP contribution in [-0.2, 0) is 6.42 Å². The quantitative estimate of drug-likeness (QED) is 0.630. The average molecular weight is 353 g/mol. The number of aromatic nitrogens is 3. The maximum atomic E-state index is 13.8. The van der Waals surface area contributed by atoms with Gasteiger partial charge >= 0.3 is 0 Å². The molecule has 0 fully saturated rings. The van der Waals surface area contributed by atoms with Crippen molar-refractivity contribution in [2.24, 2.45) is 0 Å². The Balaban J connectivity index is 1.69. The van der Waals surface area contributed by atoms with E-state index in [-0.39, 0.29) is 10.8 Å². The molecule has 1 aromatic carbocycles. The summed E-state index contributed by atoms with van der Waals surface area (Å²) in [5, 5.41) is 10.8. The molecule has 120 valence electrons. The van der Waals surface area contributed by atoms with Crippen LogP contribution in [0, 0.1) is 18.6 Å². The van der Waals surface area contributed by atoms with E-state index in [9.17, 15) is 8.78 Å². The van der Waals surface area contributed by atoms with Crippen LogP contribution in [0.25, 0.3) is 0 Å². The Morgan fingerprint density at radius 2 is 2.13 bits per heavy atom. The lowest BCUT2D eigenvalue weighted by atomic mass is 10.1. The van der Waals surface area contributed by atoms with E-state index in [1.165, 1.54) is 17.8 Å². The summed E-state index contributed by atoms with van der Waals surface area (Å²) >= 11 is 2.75. The summed E-state index contributed by atoms with van der Waals surface area (Å²) in [6, 6.07) is 3.39. The van der Waals surface area contributed by atoms with Gasteiger partial charge in [-0.25, -0.2) is 13.8 Å². The van der Waals surface area contributed by atoms with Crippen molar-refractivity contribution in [3.63, 3.8) is 0 Å². The molecule has 3 rings (SSSR count). The zero-order valence-electron chi connectivity index (χ0n) is 12.4. The number of thioether (sulfide) groups is 1. The molecular weight excluding hydrogens is 340 g/mol. The molecule has 0 saturated carbocycles. The third-order valence-electron chi connectivity index (χ3n) is 3.12. The van der Waals surface area contributed by atoms with E-state index in [0.717, 1.165) is 22.8 Å². The first-order chi connectivity index (χ1) is 11.0. The van der Waals surface area contributed by atoms with Crippen LogP contribution in [-0.4, -0.2) is 15.2 Å². The minimum absolute atomic E-state index is 0.268. The van der Waals surface area contributed by atoms with Gasteiger partial charge in [0.05, 0.1) is 17.1 Å². The van der Waals surface area contributed by atoms with Crippen LogP contribution in [0.15, 0.2) is 33.2 Å². The maximum Gasteiger partial charge on any atom is 0.277 e. The van der Waals surface area contributed by atoms with Crippen LogP contribution in [0.1, 0.15) is 34.3 Å². The lowest BCUT2D eigenvalue weighted by Crippen LogP contribution is -1.94. The number of hydrogen-bond donors (Lipinski definition) is 0. The Morgan fingerprint density at radius 1 is 1.30 bits per heavy atom. The second kappa shape index (κ2) is 6.76. The van der Waals surface area contributed by atoms with Gasteiger partial charge in [0.1, 0.15) is 11.6 Å². The predicted octanol–water partition coefficient (Wildman–Crippen LogP) is 4.56. The zero-order valence-corrected chi connectivity index (χ0v) is 14.0. The Kier molecular flexibility index (Phi) is 4.72. The summed E-state index contributed by atoms with van der Waals surface area (Å²) in [6.45, 7) is 3.69. The van der Waals surface area contributed by atoms with Crippen molar-refractivity contribution in [3.8, 4) is 0 Å². The predicted molar refractivity (Wildman–Crippen MR) is 84.6 cm³/mol. The second-order valence-electron chi connectivity index (χ2n) is 4.92. The van der Waals surface area contributed by atoms with E-state index in [2.05, 4.69) is 15.2 Å². The average Bonchev–Trinajstić information content (AvgIpc) is 3.11. The highest BCUT2D eigenvalue weighted by atomic mass is 32.2. The second-order valence-corrected chi connectivity index (χ2v) is 7.28. The van der Waals surface area contributed by atoms with Crippen molar-refractivity contribution in [1.29, 1.82) is 0 Å². The third-order valence-corrected chi connectivity index (χ3v) is 4.92. The Labute approximate surface area is 140 Å². The number of benzene rings is 1. The summed E-state index contributed by atoms with van der Waals surface area (Å²) in [5.41, 5.74) is 1.14. The lowest BCUT2D eigenvalue weighted by molar-refractivity contribution is 0.418. The molecule has 0 amide bonds. The van der Waals surface area contributed by atoms with E-state index >= 15 is 0 Å². The van der Waals surface area contributed by atoms with Gasteiger partial charge in [-0.1, -0.05) is 11.8 Å². The van der Waals surface area contributed by atoms with Gasteiger partial charge in [0.2, 0.25) is 5.89 Å². The molecule has 8 heteroatoms. The molecule has 4 nitrogen and oxygen atoms in total. The molecule has 0 aliphatic carbocycles. The highest BCUT2D eigenvalue weighted by molar-refractivity contribution is 7.99. The summed E-state index contributed by atoms with van der Waals surface area (Å²) in [5.74, 6) is -0.479. The molecular formula is C15H13F2N3OS2. The molecule has 0 aliphatic heterocycles. The standard InChI is InChI=1S/C15H13F2N3OS2/c1-8(12-5-10(16)3-4-13(12)17)23-15-20-19-14(21-15)6-11-7-22-9(2)18-11/h3-5,7-8H,6H2,1-2H3/t8-/m1/s1. The normalized spacial score (nSPS) is 12.5. The summed E-state index contributed by atoms with van der Waals surface area (Å²) in [4.78, 5) is 4.34. The first kappa shape index (κ1) is 16.1. The number of hydrogen-bond acceptors (Lipinski definition) is 6. The first-order valence-electron chi connectivity index (χ1n) is 6.86. The minimum atomic E-state index is -0.473. The summed E-state index contributed by atoms with van der Waals surface area (Å²) < 4.78 is 32.6. The van der Waals surface area contributed by atoms with Gasteiger partial charge in [-0.05, 0) is 32.0 Å². The van der Waals surface area contributed by atoms with E-state index < -0.39 is 11.6 Å².